The lowest BCUT2D eigenvalue weighted by atomic mass is 10.1. The molecule has 0 heterocycles. The predicted molar refractivity (Wildman–Crippen MR) is 64.9 cm³/mol. The molecule has 1 aromatic carbocycles. The minimum atomic E-state index is -0.314. The number of carbonyl (C=O) groups is 1. The molecule has 14 heavy (non-hydrogen) atoms. The summed E-state index contributed by atoms with van der Waals surface area (Å²) in [5, 5.41) is 0.597. The van der Waals surface area contributed by atoms with Crippen LogP contribution in [0.2, 0.25) is 5.02 Å². The lowest BCUT2D eigenvalue weighted by Crippen LogP contribution is -2.07. The Balaban J connectivity index is 3.13. The van der Waals surface area contributed by atoms with Crippen molar-refractivity contribution in [3.63, 3.8) is 0 Å². The van der Waals surface area contributed by atoms with Crippen molar-refractivity contribution in [3.8, 4) is 0 Å². The Morgan fingerprint density at radius 1 is 1.57 bits per heavy atom. The quantitative estimate of drug-likeness (QED) is 0.615. The van der Waals surface area contributed by atoms with E-state index in [0.29, 0.717) is 17.2 Å². The van der Waals surface area contributed by atoms with Crippen LogP contribution in [0.5, 0.6) is 0 Å². The molecule has 1 aromatic rings. The summed E-state index contributed by atoms with van der Waals surface area (Å²) in [4.78, 5) is 11.5. The van der Waals surface area contributed by atoms with Crippen molar-refractivity contribution < 1.29 is 9.53 Å². The second kappa shape index (κ2) is 4.98. The van der Waals surface area contributed by atoms with Crippen molar-refractivity contribution in [1.29, 1.82) is 0 Å². The van der Waals surface area contributed by atoms with Gasteiger partial charge in [-0.3, -0.25) is 0 Å². The number of carbonyl (C=O) groups excluding carboxylic acids is 1. The zero-order valence-corrected chi connectivity index (χ0v) is 10.8. The van der Waals surface area contributed by atoms with Crippen LogP contribution in [0.15, 0.2) is 12.1 Å². The summed E-state index contributed by atoms with van der Waals surface area (Å²) < 4.78 is 5.85. The van der Waals surface area contributed by atoms with Crippen molar-refractivity contribution in [1.82, 2.24) is 0 Å². The Kier molecular flexibility index (Phi) is 4.19. The van der Waals surface area contributed by atoms with Crippen molar-refractivity contribution in [2.45, 2.75) is 13.8 Å². The molecular weight excluding hydrogens is 314 g/mol. The fraction of sp³-hybridized carbons (Fsp3) is 0.300. The maximum absolute atomic E-state index is 11.5. The van der Waals surface area contributed by atoms with E-state index in [0.717, 1.165) is 9.13 Å². The molecule has 2 nitrogen and oxygen atoms in total. The first-order chi connectivity index (χ1) is 6.56. The highest BCUT2D eigenvalue weighted by molar-refractivity contribution is 14.1. The minimum absolute atomic E-state index is 0.314. The van der Waals surface area contributed by atoms with Gasteiger partial charge in [-0.2, -0.15) is 0 Å². The molecule has 0 bridgehead atoms. The minimum Gasteiger partial charge on any atom is -0.462 e. The van der Waals surface area contributed by atoms with E-state index in [1.807, 2.05) is 13.0 Å². The number of esters is 1. The van der Waals surface area contributed by atoms with Crippen molar-refractivity contribution in [3.05, 3.63) is 31.9 Å². The van der Waals surface area contributed by atoms with E-state index >= 15 is 0 Å². The molecule has 0 fully saturated rings. The SMILES string of the molecule is CCOC(=O)c1cc(I)cc(Cl)c1C. The number of hydrogen-bond donors (Lipinski definition) is 0. The standard InChI is InChI=1S/C10H10ClIO2/c1-3-14-10(13)8-4-7(12)5-9(11)6(8)2/h4-5H,3H2,1-2H3. The maximum atomic E-state index is 11.5. The smallest absolute Gasteiger partial charge is 0.338 e. The normalized spacial score (nSPS) is 10.0. The fourth-order valence-corrected chi connectivity index (χ4v) is 2.09. The molecule has 1 rings (SSSR count). The van der Waals surface area contributed by atoms with Crippen LogP contribution in [0.1, 0.15) is 22.8 Å². The van der Waals surface area contributed by atoms with Gasteiger partial charge in [0.05, 0.1) is 12.2 Å². The Morgan fingerprint density at radius 3 is 2.79 bits per heavy atom. The zero-order chi connectivity index (χ0) is 10.7. The van der Waals surface area contributed by atoms with Crippen LogP contribution in [-0.2, 0) is 4.74 Å². The van der Waals surface area contributed by atoms with Crippen LogP contribution in [-0.4, -0.2) is 12.6 Å². The van der Waals surface area contributed by atoms with Gasteiger partial charge in [-0.05, 0) is 54.1 Å². The molecule has 0 radical (unpaired) electrons. The second-order valence-electron chi connectivity index (χ2n) is 2.78. The summed E-state index contributed by atoms with van der Waals surface area (Å²) in [6.45, 7) is 3.97. The molecular formula is C10H10ClIO2. The van der Waals surface area contributed by atoms with Crippen LogP contribution >= 0.6 is 34.2 Å². The van der Waals surface area contributed by atoms with E-state index in [4.69, 9.17) is 16.3 Å². The molecule has 0 N–H and O–H groups in total. The van der Waals surface area contributed by atoms with Gasteiger partial charge in [0.25, 0.3) is 0 Å². The van der Waals surface area contributed by atoms with Crippen molar-refractivity contribution in [2.24, 2.45) is 0 Å². The number of hydrogen-bond acceptors (Lipinski definition) is 2. The molecule has 0 unspecified atom stereocenters. The lowest BCUT2D eigenvalue weighted by molar-refractivity contribution is 0.0525. The number of halogens is 2. The Bertz CT molecular complexity index is 363. The topological polar surface area (TPSA) is 26.3 Å². The summed E-state index contributed by atoms with van der Waals surface area (Å²) in [6.07, 6.45) is 0. The number of ether oxygens (including phenoxy) is 1. The molecule has 0 spiro atoms. The maximum Gasteiger partial charge on any atom is 0.338 e. The molecule has 0 saturated carbocycles. The molecule has 0 aliphatic carbocycles. The van der Waals surface area contributed by atoms with E-state index in [2.05, 4.69) is 22.6 Å². The Morgan fingerprint density at radius 2 is 2.21 bits per heavy atom. The highest BCUT2D eigenvalue weighted by atomic mass is 127. The first-order valence-corrected chi connectivity index (χ1v) is 5.64. The Hall–Kier alpha value is -0.290. The summed E-state index contributed by atoms with van der Waals surface area (Å²) in [6, 6.07) is 3.60. The predicted octanol–water partition coefficient (Wildman–Crippen LogP) is 3.43. The van der Waals surface area contributed by atoms with Gasteiger partial charge in [0.1, 0.15) is 0 Å². The van der Waals surface area contributed by atoms with Gasteiger partial charge in [-0.25, -0.2) is 4.79 Å². The van der Waals surface area contributed by atoms with Gasteiger partial charge in [0, 0.05) is 8.59 Å². The number of rotatable bonds is 2. The largest absolute Gasteiger partial charge is 0.462 e. The first-order valence-electron chi connectivity index (χ1n) is 4.19. The zero-order valence-electron chi connectivity index (χ0n) is 7.93. The van der Waals surface area contributed by atoms with Gasteiger partial charge >= 0.3 is 5.97 Å². The highest BCUT2D eigenvalue weighted by Gasteiger charge is 2.13. The van der Waals surface area contributed by atoms with Crippen molar-refractivity contribution >= 4 is 40.2 Å². The number of benzene rings is 1. The third-order valence-corrected chi connectivity index (χ3v) is 2.82. The third-order valence-electron chi connectivity index (χ3n) is 1.80. The van der Waals surface area contributed by atoms with Crippen LogP contribution < -0.4 is 0 Å². The second-order valence-corrected chi connectivity index (χ2v) is 4.43. The monoisotopic (exact) mass is 324 g/mol. The summed E-state index contributed by atoms with van der Waals surface area (Å²) in [7, 11) is 0. The van der Waals surface area contributed by atoms with Gasteiger partial charge in [0.2, 0.25) is 0 Å². The molecule has 0 aliphatic rings. The van der Waals surface area contributed by atoms with Crippen molar-refractivity contribution in [2.75, 3.05) is 6.61 Å². The van der Waals surface area contributed by atoms with Crippen LogP contribution in [0.25, 0.3) is 0 Å². The van der Waals surface area contributed by atoms with E-state index < -0.39 is 0 Å². The first kappa shape index (κ1) is 11.8. The van der Waals surface area contributed by atoms with Gasteiger partial charge in [-0.1, -0.05) is 11.6 Å². The molecule has 0 amide bonds. The van der Waals surface area contributed by atoms with Gasteiger partial charge < -0.3 is 4.74 Å². The molecule has 76 valence electrons. The lowest BCUT2D eigenvalue weighted by Gasteiger charge is -2.07. The van der Waals surface area contributed by atoms with Crippen LogP contribution in [0.4, 0.5) is 0 Å². The van der Waals surface area contributed by atoms with E-state index in [9.17, 15) is 4.79 Å². The molecule has 4 heteroatoms. The molecule has 0 saturated heterocycles. The Labute approximate surface area is 102 Å². The molecule has 0 aromatic heterocycles. The highest BCUT2D eigenvalue weighted by Crippen LogP contribution is 2.23. The average Bonchev–Trinajstić information content (AvgIpc) is 2.11. The molecule has 0 aliphatic heterocycles. The van der Waals surface area contributed by atoms with E-state index in [1.165, 1.54) is 0 Å². The van der Waals surface area contributed by atoms with E-state index in [1.54, 1.807) is 13.0 Å². The van der Waals surface area contributed by atoms with Crippen LogP contribution in [0, 0.1) is 10.5 Å². The van der Waals surface area contributed by atoms with E-state index in [-0.39, 0.29) is 5.97 Å². The average molecular weight is 325 g/mol. The van der Waals surface area contributed by atoms with Gasteiger partial charge in [-0.15, -0.1) is 0 Å². The fourth-order valence-electron chi connectivity index (χ4n) is 1.07. The summed E-state index contributed by atoms with van der Waals surface area (Å²) >= 11 is 8.07. The van der Waals surface area contributed by atoms with Gasteiger partial charge in [0.15, 0.2) is 0 Å². The summed E-state index contributed by atoms with van der Waals surface area (Å²) in [5.74, 6) is -0.314. The third kappa shape index (κ3) is 2.60. The summed E-state index contributed by atoms with van der Waals surface area (Å²) in [5.41, 5.74) is 1.31. The molecule has 0 atom stereocenters. The van der Waals surface area contributed by atoms with Crippen LogP contribution in [0.3, 0.4) is 0 Å².